The number of benzene rings is 2. The average molecular weight is 379 g/mol. The molecule has 1 fully saturated rings. The van der Waals surface area contributed by atoms with E-state index in [2.05, 4.69) is 22.4 Å². The Morgan fingerprint density at radius 3 is 2.46 bits per heavy atom. The third-order valence-corrected chi connectivity index (χ3v) is 5.19. The number of fused-ring (bicyclic) bond motifs is 1. The molecule has 28 heavy (non-hydrogen) atoms. The zero-order valence-corrected chi connectivity index (χ0v) is 15.5. The van der Waals surface area contributed by atoms with Crippen LogP contribution in [-0.4, -0.2) is 53.2 Å². The zero-order chi connectivity index (χ0) is 19.7. The molecule has 2 N–H and O–H groups in total. The maximum atomic E-state index is 12.5. The van der Waals surface area contributed by atoms with Crippen molar-refractivity contribution in [1.29, 1.82) is 0 Å². The van der Waals surface area contributed by atoms with Crippen LogP contribution in [0.1, 0.15) is 33.6 Å². The Hall–Kier alpha value is -3.19. The number of rotatable bonds is 4. The molecule has 1 aliphatic heterocycles. The summed E-state index contributed by atoms with van der Waals surface area (Å²) in [6, 6.07) is 11.9. The van der Waals surface area contributed by atoms with Gasteiger partial charge < -0.3 is 19.8 Å². The summed E-state index contributed by atoms with van der Waals surface area (Å²) in [5.41, 5.74) is 2.08. The van der Waals surface area contributed by atoms with Gasteiger partial charge in [-0.1, -0.05) is 17.3 Å². The lowest BCUT2D eigenvalue weighted by Gasteiger charge is -2.29. The van der Waals surface area contributed by atoms with Crippen molar-refractivity contribution in [3.8, 4) is 11.3 Å². The fourth-order valence-electron chi connectivity index (χ4n) is 3.48. The number of amides is 1. The predicted molar refractivity (Wildman–Crippen MR) is 104 cm³/mol. The van der Waals surface area contributed by atoms with E-state index in [1.165, 1.54) is 6.07 Å². The topological polar surface area (TPSA) is 95.7 Å². The lowest BCUT2D eigenvalue weighted by Crippen LogP contribution is -2.43. The number of hydrogen-bond acceptors (Lipinski definition) is 5. The van der Waals surface area contributed by atoms with Crippen molar-refractivity contribution in [3.63, 3.8) is 0 Å². The van der Waals surface area contributed by atoms with Crippen LogP contribution in [0, 0.1) is 0 Å². The van der Waals surface area contributed by atoms with Crippen molar-refractivity contribution in [1.82, 2.24) is 15.4 Å². The highest BCUT2D eigenvalue weighted by Crippen LogP contribution is 2.29. The Balaban J connectivity index is 1.53. The molecule has 0 spiro atoms. The first-order chi connectivity index (χ1) is 13.5. The van der Waals surface area contributed by atoms with Gasteiger partial charge in [-0.2, -0.15) is 0 Å². The number of carboxylic acids is 1. The van der Waals surface area contributed by atoms with Gasteiger partial charge in [0.2, 0.25) is 0 Å². The van der Waals surface area contributed by atoms with Crippen molar-refractivity contribution < 1.29 is 19.2 Å². The van der Waals surface area contributed by atoms with Crippen LogP contribution in [0.15, 0.2) is 47.0 Å². The van der Waals surface area contributed by atoms with E-state index >= 15 is 0 Å². The number of aromatic carboxylic acids is 1. The Bertz CT molecular complexity index is 1020. The van der Waals surface area contributed by atoms with Crippen LogP contribution in [-0.2, 0) is 0 Å². The lowest BCUT2D eigenvalue weighted by atomic mass is 10.0. The van der Waals surface area contributed by atoms with Crippen molar-refractivity contribution in [2.45, 2.75) is 18.9 Å². The van der Waals surface area contributed by atoms with E-state index in [4.69, 9.17) is 4.52 Å². The molecule has 0 atom stereocenters. The van der Waals surface area contributed by atoms with Gasteiger partial charge in [0.05, 0.1) is 10.9 Å². The van der Waals surface area contributed by atoms with Gasteiger partial charge in [-0.05, 0) is 63.3 Å². The number of piperidine rings is 1. The first kappa shape index (κ1) is 18.2. The van der Waals surface area contributed by atoms with Crippen LogP contribution < -0.4 is 5.32 Å². The predicted octanol–water partition coefficient (Wildman–Crippen LogP) is 3.02. The number of nitrogens with one attached hydrogen (secondary N) is 1. The zero-order valence-electron chi connectivity index (χ0n) is 15.5. The summed E-state index contributed by atoms with van der Waals surface area (Å²) in [5, 5.41) is 16.9. The minimum absolute atomic E-state index is 0.0864. The molecule has 1 aliphatic rings. The van der Waals surface area contributed by atoms with Crippen molar-refractivity contribution >= 4 is 22.8 Å². The Labute approximate surface area is 161 Å². The summed E-state index contributed by atoms with van der Waals surface area (Å²) in [6.45, 7) is 1.97. The number of carbonyl (C=O) groups excluding carboxylic acids is 1. The number of hydrogen-bond donors (Lipinski definition) is 2. The third kappa shape index (κ3) is 3.61. The average Bonchev–Trinajstić information content (AvgIpc) is 3.13. The molecule has 4 rings (SSSR count). The molecule has 144 valence electrons. The monoisotopic (exact) mass is 379 g/mol. The molecule has 0 bridgehead atoms. The highest BCUT2D eigenvalue weighted by atomic mass is 16.5. The van der Waals surface area contributed by atoms with Crippen LogP contribution in [0.5, 0.6) is 0 Å². The van der Waals surface area contributed by atoms with Gasteiger partial charge >= 0.3 is 5.97 Å². The normalized spacial score (nSPS) is 15.6. The van der Waals surface area contributed by atoms with Crippen LogP contribution in [0.2, 0.25) is 0 Å². The molecule has 0 unspecified atom stereocenters. The molecule has 1 amide bonds. The van der Waals surface area contributed by atoms with E-state index < -0.39 is 5.97 Å². The van der Waals surface area contributed by atoms with E-state index in [0.717, 1.165) is 31.5 Å². The molecule has 7 nitrogen and oxygen atoms in total. The Morgan fingerprint density at radius 1 is 1.11 bits per heavy atom. The second-order valence-corrected chi connectivity index (χ2v) is 7.18. The fourth-order valence-corrected chi connectivity index (χ4v) is 3.48. The molecular weight excluding hydrogens is 358 g/mol. The third-order valence-electron chi connectivity index (χ3n) is 5.19. The number of carbonyl (C=O) groups is 2. The SMILES string of the molecule is CN1CCC(NC(=O)c2ccc(-c3onc4ccc(C(=O)O)cc34)cc2)CC1. The van der Waals surface area contributed by atoms with E-state index in [9.17, 15) is 14.7 Å². The quantitative estimate of drug-likeness (QED) is 0.723. The van der Waals surface area contributed by atoms with Gasteiger partial charge in [-0.15, -0.1) is 0 Å². The molecular formula is C21H21N3O4. The summed E-state index contributed by atoms with van der Waals surface area (Å²) in [4.78, 5) is 26.0. The van der Waals surface area contributed by atoms with Crippen LogP contribution in [0.4, 0.5) is 0 Å². The first-order valence-corrected chi connectivity index (χ1v) is 9.24. The van der Waals surface area contributed by atoms with E-state index in [1.807, 2.05) is 0 Å². The molecule has 0 aliphatic carbocycles. The second-order valence-electron chi connectivity index (χ2n) is 7.18. The summed E-state index contributed by atoms with van der Waals surface area (Å²) in [7, 11) is 2.09. The van der Waals surface area contributed by atoms with Gasteiger partial charge in [0.25, 0.3) is 5.91 Å². The largest absolute Gasteiger partial charge is 0.478 e. The van der Waals surface area contributed by atoms with Gasteiger partial charge in [-0.25, -0.2) is 4.79 Å². The van der Waals surface area contributed by atoms with Gasteiger partial charge in [0, 0.05) is 17.2 Å². The molecule has 1 saturated heterocycles. The van der Waals surface area contributed by atoms with Gasteiger partial charge in [0.1, 0.15) is 5.52 Å². The highest BCUT2D eigenvalue weighted by Gasteiger charge is 2.19. The summed E-state index contributed by atoms with van der Waals surface area (Å²) in [5.74, 6) is -0.605. The smallest absolute Gasteiger partial charge is 0.335 e. The summed E-state index contributed by atoms with van der Waals surface area (Å²) >= 11 is 0. The maximum Gasteiger partial charge on any atom is 0.335 e. The molecule has 1 aromatic heterocycles. The van der Waals surface area contributed by atoms with Crippen molar-refractivity contribution in [3.05, 3.63) is 53.6 Å². The number of aromatic nitrogens is 1. The van der Waals surface area contributed by atoms with Gasteiger partial charge in [0.15, 0.2) is 5.76 Å². The van der Waals surface area contributed by atoms with Crippen molar-refractivity contribution in [2.24, 2.45) is 0 Å². The minimum atomic E-state index is -1.00. The van der Waals surface area contributed by atoms with E-state index in [0.29, 0.717) is 22.2 Å². The summed E-state index contributed by atoms with van der Waals surface area (Å²) < 4.78 is 5.42. The maximum absolute atomic E-state index is 12.5. The van der Waals surface area contributed by atoms with Crippen molar-refractivity contribution in [2.75, 3.05) is 20.1 Å². The Kier molecular flexibility index (Phi) is 4.83. The molecule has 2 heterocycles. The standard InChI is InChI=1S/C21H21N3O4/c1-24-10-8-16(9-11-24)22-20(25)14-4-2-13(3-5-14)19-17-12-15(21(26)27)6-7-18(17)23-28-19/h2-7,12,16H,8-11H2,1H3,(H,22,25)(H,26,27). The van der Waals surface area contributed by atoms with Crippen LogP contribution in [0.25, 0.3) is 22.2 Å². The second kappa shape index (κ2) is 7.44. The van der Waals surface area contributed by atoms with E-state index in [1.54, 1.807) is 36.4 Å². The number of carboxylic acid groups (broad SMARTS) is 1. The number of nitrogens with zero attached hydrogens (tertiary/aromatic N) is 2. The Morgan fingerprint density at radius 2 is 1.79 bits per heavy atom. The minimum Gasteiger partial charge on any atom is -0.478 e. The fraction of sp³-hybridized carbons (Fsp3) is 0.286. The number of likely N-dealkylation sites (tertiary alicyclic amines) is 1. The lowest BCUT2D eigenvalue weighted by molar-refractivity contribution is 0.0696. The van der Waals surface area contributed by atoms with Gasteiger partial charge in [-0.3, -0.25) is 4.79 Å². The first-order valence-electron chi connectivity index (χ1n) is 9.24. The van der Waals surface area contributed by atoms with Crippen LogP contribution >= 0.6 is 0 Å². The van der Waals surface area contributed by atoms with E-state index in [-0.39, 0.29) is 17.5 Å². The highest BCUT2D eigenvalue weighted by molar-refractivity contribution is 5.99. The van der Waals surface area contributed by atoms with Crippen LogP contribution in [0.3, 0.4) is 0 Å². The summed E-state index contributed by atoms with van der Waals surface area (Å²) in [6.07, 6.45) is 1.91. The molecule has 2 aromatic carbocycles. The molecule has 0 radical (unpaired) electrons. The molecule has 0 saturated carbocycles. The molecule has 7 heteroatoms. The molecule has 3 aromatic rings.